The van der Waals surface area contributed by atoms with Crippen molar-refractivity contribution in [2.45, 2.75) is 0 Å². The molecule has 5 rings (SSSR count). The van der Waals surface area contributed by atoms with Gasteiger partial charge in [-0.2, -0.15) is 0 Å². The fourth-order valence-corrected chi connectivity index (χ4v) is 6.33. The molecule has 0 saturated heterocycles. The zero-order valence-electron chi connectivity index (χ0n) is 14.7. The van der Waals surface area contributed by atoms with Gasteiger partial charge in [0.05, 0.1) is 15.6 Å². The van der Waals surface area contributed by atoms with Crippen molar-refractivity contribution in [2.24, 2.45) is 0 Å². The molecule has 1 atom stereocenters. The van der Waals surface area contributed by atoms with E-state index in [0.717, 1.165) is 5.75 Å². The molecule has 0 N–H and O–H groups in total. The molecule has 1 aliphatic heterocycles. The van der Waals surface area contributed by atoms with Gasteiger partial charge in [-0.1, -0.05) is 83.6 Å². The van der Waals surface area contributed by atoms with Crippen LogP contribution in [0.4, 0.5) is 0 Å². The zero-order chi connectivity index (χ0) is 18.2. The lowest BCUT2D eigenvalue weighted by atomic mass is 9.94. The molecule has 0 radical (unpaired) electrons. The Kier molecular flexibility index (Phi) is 4.35. The number of hydrogen-bond acceptors (Lipinski definition) is 2. The molecule has 4 aromatic carbocycles. The molecule has 132 valence electrons. The van der Waals surface area contributed by atoms with Crippen LogP contribution in [-0.4, -0.2) is 15.7 Å². The van der Waals surface area contributed by atoms with Gasteiger partial charge in [-0.25, -0.2) is 4.21 Å². The van der Waals surface area contributed by atoms with Gasteiger partial charge in [0.2, 0.25) is 0 Å². The van der Waals surface area contributed by atoms with Gasteiger partial charge in [0, 0.05) is 5.75 Å². The van der Waals surface area contributed by atoms with Crippen LogP contribution in [-0.2, 0) is 9.83 Å². The summed E-state index contributed by atoms with van der Waals surface area (Å²) >= 11 is 0. The minimum Gasteiger partial charge on any atom is -0.248 e. The molecule has 0 aliphatic carbocycles. The van der Waals surface area contributed by atoms with E-state index in [1.165, 1.54) is 43.8 Å². The average molecular weight is 387 g/mol. The van der Waals surface area contributed by atoms with Crippen LogP contribution >= 0.6 is 10.8 Å². The first-order valence-electron chi connectivity index (χ1n) is 9.00. The first-order chi connectivity index (χ1) is 13.3. The Balaban J connectivity index is 1.70. The summed E-state index contributed by atoms with van der Waals surface area (Å²) in [6.07, 6.45) is 0. The number of rotatable bonds is 2. The first kappa shape index (κ1) is 16.8. The summed E-state index contributed by atoms with van der Waals surface area (Å²) in [5.74, 6) is 1.39. The Morgan fingerprint density at radius 3 is 1.74 bits per heavy atom. The smallest absolute Gasteiger partial charge is 0.0852 e. The third-order valence-corrected chi connectivity index (χ3v) is 7.85. The fraction of sp³-hybridized carbons (Fsp3) is 0.0833. The maximum Gasteiger partial charge on any atom is 0.0852 e. The van der Waals surface area contributed by atoms with Crippen LogP contribution in [0.2, 0.25) is 0 Å². The average Bonchev–Trinajstić information content (AvgIpc) is 2.73. The summed E-state index contributed by atoms with van der Waals surface area (Å²) in [4.78, 5) is 0. The standard InChI is InChI=1S/C24H18OS2/c25-27-16-24(22-12-10-18-6-2-4-8-20(18)14-22)23(15-26-27)21-11-9-17-5-1-3-7-19(17)13-21/h1-14H,15-16H2. The quantitative estimate of drug-likeness (QED) is 0.375. The van der Waals surface area contributed by atoms with Crippen molar-refractivity contribution in [3.05, 3.63) is 96.1 Å². The molecule has 0 bridgehead atoms. The minimum absolute atomic E-state index is 0.602. The van der Waals surface area contributed by atoms with Crippen molar-refractivity contribution in [3.8, 4) is 0 Å². The lowest BCUT2D eigenvalue weighted by Crippen LogP contribution is -2.08. The molecule has 0 saturated carbocycles. The van der Waals surface area contributed by atoms with Gasteiger partial charge < -0.3 is 0 Å². The Morgan fingerprint density at radius 2 is 1.15 bits per heavy atom. The molecule has 1 heterocycles. The normalized spacial score (nSPS) is 17.6. The van der Waals surface area contributed by atoms with Crippen molar-refractivity contribution in [1.29, 1.82) is 0 Å². The molecule has 1 unspecified atom stereocenters. The van der Waals surface area contributed by atoms with Gasteiger partial charge in [0.1, 0.15) is 0 Å². The van der Waals surface area contributed by atoms with Crippen molar-refractivity contribution >= 4 is 53.3 Å². The van der Waals surface area contributed by atoms with Gasteiger partial charge in [0.25, 0.3) is 0 Å². The van der Waals surface area contributed by atoms with E-state index in [4.69, 9.17) is 0 Å². The first-order valence-corrected chi connectivity index (χ1v) is 11.8. The molecular formula is C24H18OS2. The van der Waals surface area contributed by atoms with Crippen LogP contribution in [0, 0.1) is 0 Å². The molecule has 1 aliphatic rings. The van der Waals surface area contributed by atoms with Crippen molar-refractivity contribution < 1.29 is 4.21 Å². The number of fused-ring (bicyclic) bond motifs is 2. The van der Waals surface area contributed by atoms with Crippen LogP contribution < -0.4 is 0 Å². The summed E-state index contributed by atoms with van der Waals surface area (Å²) in [5, 5.41) is 4.96. The van der Waals surface area contributed by atoms with E-state index >= 15 is 0 Å². The predicted molar refractivity (Wildman–Crippen MR) is 120 cm³/mol. The molecule has 1 nitrogen and oxygen atoms in total. The molecule has 27 heavy (non-hydrogen) atoms. The largest absolute Gasteiger partial charge is 0.248 e. The summed E-state index contributed by atoms with van der Waals surface area (Å²) < 4.78 is 12.3. The van der Waals surface area contributed by atoms with Gasteiger partial charge >= 0.3 is 0 Å². The third-order valence-electron chi connectivity index (χ3n) is 5.16. The van der Waals surface area contributed by atoms with Crippen LogP contribution in [0.5, 0.6) is 0 Å². The van der Waals surface area contributed by atoms with Gasteiger partial charge in [-0.15, -0.1) is 0 Å². The van der Waals surface area contributed by atoms with E-state index in [1.807, 2.05) is 0 Å². The maximum atomic E-state index is 12.3. The molecular weight excluding hydrogens is 368 g/mol. The summed E-state index contributed by atoms with van der Waals surface area (Å²) in [6.45, 7) is 0. The van der Waals surface area contributed by atoms with E-state index in [-0.39, 0.29) is 0 Å². The zero-order valence-corrected chi connectivity index (χ0v) is 16.4. The molecule has 4 aromatic rings. The Labute approximate surface area is 165 Å². The van der Waals surface area contributed by atoms with Gasteiger partial charge in [-0.05, 0) is 56.0 Å². The third kappa shape index (κ3) is 3.22. The Morgan fingerprint density at radius 1 is 0.630 bits per heavy atom. The molecule has 0 fully saturated rings. The van der Waals surface area contributed by atoms with E-state index in [0.29, 0.717) is 5.75 Å². The Hall–Kier alpha value is -2.36. The topological polar surface area (TPSA) is 17.1 Å². The second kappa shape index (κ2) is 6.99. The highest BCUT2D eigenvalue weighted by atomic mass is 33.1. The van der Waals surface area contributed by atoms with E-state index in [9.17, 15) is 4.21 Å². The van der Waals surface area contributed by atoms with Crippen LogP contribution in [0.15, 0.2) is 84.9 Å². The summed E-state index contributed by atoms with van der Waals surface area (Å²) in [7, 11) is 0.676. The van der Waals surface area contributed by atoms with E-state index in [1.54, 1.807) is 10.8 Å². The van der Waals surface area contributed by atoms with Crippen LogP contribution in [0.1, 0.15) is 11.1 Å². The Bertz CT molecular complexity index is 1220. The van der Waals surface area contributed by atoms with E-state index in [2.05, 4.69) is 84.9 Å². The molecule has 0 aromatic heterocycles. The molecule has 0 spiro atoms. The van der Waals surface area contributed by atoms with Crippen molar-refractivity contribution in [3.63, 3.8) is 0 Å². The maximum absolute atomic E-state index is 12.3. The minimum atomic E-state index is -0.867. The summed E-state index contributed by atoms with van der Waals surface area (Å²) in [6, 6.07) is 30.1. The molecule has 0 amide bonds. The predicted octanol–water partition coefficient (Wildman–Crippen LogP) is 6.31. The number of benzene rings is 4. The second-order valence-electron chi connectivity index (χ2n) is 6.79. The van der Waals surface area contributed by atoms with Gasteiger partial charge in [-0.3, -0.25) is 0 Å². The van der Waals surface area contributed by atoms with Crippen LogP contribution in [0.25, 0.3) is 32.7 Å². The lowest BCUT2D eigenvalue weighted by Gasteiger charge is -2.21. The second-order valence-corrected chi connectivity index (χ2v) is 10.0. The highest BCUT2D eigenvalue weighted by Gasteiger charge is 2.21. The van der Waals surface area contributed by atoms with Crippen molar-refractivity contribution in [2.75, 3.05) is 11.5 Å². The molecule has 3 heteroatoms. The SMILES string of the molecule is O=S1CC(c2ccc3ccccc3c2)=C(c2ccc3ccccc3c2)CS1. The fourth-order valence-electron chi connectivity index (χ4n) is 3.73. The lowest BCUT2D eigenvalue weighted by molar-refractivity contribution is 0.693. The number of hydrogen-bond donors (Lipinski definition) is 0. The van der Waals surface area contributed by atoms with E-state index < -0.39 is 9.83 Å². The van der Waals surface area contributed by atoms with Crippen molar-refractivity contribution in [1.82, 2.24) is 0 Å². The summed E-state index contributed by atoms with van der Waals surface area (Å²) in [5.41, 5.74) is 4.94. The highest BCUT2D eigenvalue weighted by Crippen LogP contribution is 2.38. The van der Waals surface area contributed by atoms with Crippen LogP contribution in [0.3, 0.4) is 0 Å². The monoisotopic (exact) mass is 386 g/mol. The highest BCUT2D eigenvalue weighted by molar-refractivity contribution is 8.69. The van der Waals surface area contributed by atoms with Gasteiger partial charge in [0.15, 0.2) is 0 Å².